The molecule has 0 saturated heterocycles. The van der Waals surface area contributed by atoms with E-state index in [1.807, 2.05) is 21.6 Å². The zero-order chi connectivity index (χ0) is 8.69. The van der Waals surface area contributed by atoms with Gasteiger partial charge < -0.3 is 0 Å². The SMILES string of the molecule is CC(C)SSCCC[SiH](C)C. The summed E-state index contributed by atoms with van der Waals surface area (Å²) in [6, 6.07) is 1.52. The van der Waals surface area contributed by atoms with E-state index >= 15 is 0 Å². The molecule has 0 amide bonds. The van der Waals surface area contributed by atoms with Crippen molar-refractivity contribution in [2.75, 3.05) is 5.75 Å². The molecule has 0 aliphatic heterocycles. The van der Waals surface area contributed by atoms with Gasteiger partial charge in [-0.25, -0.2) is 0 Å². The highest BCUT2D eigenvalue weighted by molar-refractivity contribution is 8.76. The molecular weight excluding hydrogens is 188 g/mol. The maximum Gasteiger partial charge on any atom is 0.0305 e. The fourth-order valence-corrected chi connectivity index (χ4v) is 4.16. The fourth-order valence-electron chi connectivity index (χ4n) is 0.735. The normalized spacial score (nSPS) is 11.5. The number of rotatable bonds is 6. The van der Waals surface area contributed by atoms with E-state index in [9.17, 15) is 0 Å². The van der Waals surface area contributed by atoms with Gasteiger partial charge in [-0.2, -0.15) is 0 Å². The molecule has 0 atom stereocenters. The van der Waals surface area contributed by atoms with E-state index < -0.39 is 0 Å². The van der Waals surface area contributed by atoms with E-state index in [1.54, 1.807) is 0 Å². The van der Waals surface area contributed by atoms with Crippen molar-refractivity contribution in [1.82, 2.24) is 0 Å². The highest BCUT2D eigenvalue weighted by Crippen LogP contribution is 2.27. The zero-order valence-corrected chi connectivity index (χ0v) is 10.9. The summed E-state index contributed by atoms with van der Waals surface area (Å²) in [4.78, 5) is 0. The maximum absolute atomic E-state index is 2.43. The summed E-state index contributed by atoms with van der Waals surface area (Å²) in [6.07, 6.45) is 1.44. The highest BCUT2D eigenvalue weighted by atomic mass is 33.1. The van der Waals surface area contributed by atoms with Crippen molar-refractivity contribution in [1.29, 1.82) is 0 Å². The van der Waals surface area contributed by atoms with Gasteiger partial charge in [0, 0.05) is 19.8 Å². The van der Waals surface area contributed by atoms with Crippen LogP contribution in [0.25, 0.3) is 0 Å². The van der Waals surface area contributed by atoms with Gasteiger partial charge in [0.25, 0.3) is 0 Å². The highest BCUT2D eigenvalue weighted by Gasteiger charge is 1.97. The van der Waals surface area contributed by atoms with Crippen molar-refractivity contribution < 1.29 is 0 Å². The van der Waals surface area contributed by atoms with Crippen LogP contribution in [-0.2, 0) is 0 Å². The molecule has 0 spiro atoms. The third kappa shape index (κ3) is 10.9. The Hall–Kier alpha value is 0.917. The Bertz CT molecular complexity index is 74.2. The first kappa shape index (κ1) is 11.9. The van der Waals surface area contributed by atoms with Crippen LogP contribution in [0.2, 0.25) is 19.1 Å². The van der Waals surface area contributed by atoms with Gasteiger partial charge in [0.2, 0.25) is 0 Å². The summed E-state index contributed by atoms with van der Waals surface area (Å²) in [7, 11) is 3.80. The van der Waals surface area contributed by atoms with Crippen molar-refractivity contribution >= 4 is 30.4 Å². The summed E-state index contributed by atoms with van der Waals surface area (Å²) < 4.78 is 0. The number of hydrogen-bond acceptors (Lipinski definition) is 2. The third-order valence-electron chi connectivity index (χ3n) is 1.27. The van der Waals surface area contributed by atoms with Gasteiger partial charge in [0.1, 0.15) is 0 Å². The van der Waals surface area contributed by atoms with E-state index in [4.69, 9.17) is 0 Å². The molecule has 0 bridgehead atoms. The van der Waals surface area contributed by atoms with E-state index in [2.05, 4.69) is 26.9 Å². The molecule has 0 N–H and O–H groups in total. The molecule has 0 aromatic rings. The van der Waals surface area contributed by atoms with Crippen molar-refractivity contribution in [3.8, 4) is 0 Å². The zero-order valence-electron chi connectivity index (χ0n) is 8.09. The van der Waals surface area contributed by atoms with E-state index in [-0.39, 0.29) is 8.80 Å². The van der Waals surface area contributed by atoms with Gasteiger partial charge in [-0.15, -0.1) is 0 Å². The smallest absolute Gasteiger partial charge is 0.0305 e. The van der Waals surface area contributed by atoms with Crippen LogP contribution in [0.5, 0.6) is 0 Å². The van der Waals surface area contributed by atoms with Gasteiger partial charge >= 0.3 is 0 Å². The first-order chi connectivity index (χ1) is 5.13. The Labute approximate surface area is 80.9 Å². The van der Waals surface area contributed by atoms with Gasteiger partial charge in [-0.05, 0) is 6.42 Å². The lowest BCUT2D eigenvalue weighted by molar-refractivity contribution is 1.08. The lowest BCUT2D eigenvalue weighted by Gasteiger charge is -2.04. The molecule has 0 heterocycles. The fraction of sp³-hybridized carbons (Fsp3) is 1.00. The lowest BCUT2D eigenvalue weighted by atomic mass is 10.6. The van der Waals surface area contributed by atoms with Crippen LogP contribution in [-0.4, -0.2) is 19.8 Å². The molecular formula is C8H20S2Si. The second-order valence-electron chi connectivity index (χ2n) is 3.50. The topological polar surface area (TPSA) is 0 Å². The Morgan fingerprint density at radius 1 is 1.27 bits per heavy atom. The minimum atomic E-state index is -0.260. The summed E-state index contributed by atoms with van der Waals surface area (Å²) in [5, 5.41) is 0.788. The Morgan fingerprint density at radius 2 is 1.91 bits per heavy atom. The predicted molar refractivity (Wildman–Crippen MR) is 63.5 cm³/mol. The van der Waals surface area contributed by atoms with Gasteiger partial charge in [-0.1, -0.05) is 54.6 Å². The quantitative estimate of drug-likeness (QED) is 0.371. The molecule has 3 heteroatoms. The third-order valence-corrected chi connectivity index (χ3v) is 5.87. The van der Waals surface area contributed by atoms with Crippen LogP contribution < -0.4 is 0 Å². The molecule has 0 aliphatic rings. The van der Waals surface area contributed by atoms with E-state index in [0.29, 0.717) is 0 Å². The Balaban J connectivity index is 2.91. The van der Waals surface area contributed by atoms with Crippen LogP contribution in [0.3, 0.4) is 0 Å². The summed E-state index contributed by atoms with van der Waals surface area (Å²) in [5.41, 5.74) is 0. The molecule has 0 aromatic heterocycles. The van der Waals surface area contributed by atoms with Crippen LogP contribution in [0.1, 0.15) is 20.3 Å². The summed E-state index contributed by atoms with van der Waals surface area (Å²) in [5.74, 6) is 1.36. The summed E-state index contributed by atoms with van der Waals surface area (Å²) in [6.45, 7) is 9.38. The van der Waals surface area contributed by atoms with Crippen LogP contribution in [0.4, 0.5) is 0 Å². The standard InChI is InChI=1S/C8H20S2Si/c1-8(2)10-9-6-5-7-11(3)4/h8,11H,5-7H2,1-4H3. The molecule has 0 unspecified atom stereocenters. The molecule has 0 radical (unpaired) electrons. The molecule has 0 rings (SSSR count). The van der Waals surface area contributed by atoms with Crippen LogP contribution >= 0.6 is 21.6 Å². The first-order valence-corrected chi connectivity index (χ1v) is 9.92. The predicted octanol–water partition coefficient (Wildman–Crippen LogP) is 3.65. The largest absolute Gasteiger partial charge is 0.0939 e. The van der Waals surface area contributed by atoms with Gasteiger partial charge in [-0.3, -0.25) is 0 Å². The first-order valence-electron chi connectivity index (χ1n) is 4.41. The minimum Gasteiger partial charge on any atom is -0.0939 e. The second kappa shape index (κ2) is 7.56. The Kier molecular flexibility index (Phi) is 8.19. The van der Waals surface area contributed by atoms with Crippen LogP contribution in [0.15, 0.2) is 0 Å². The van der Waals surface area contributed by atoms with Crippen molar-refractivity contribution in [3.63, 3.8) is 0 Å². The minimum absolute atomic E-state index is 0.260. The van der Waals surface area contributed by atoms with Crippen molar-refractivity contribution in [2.45, 2.75) is 44.7 Å². The van der Waals surface area contributed by atoms with Gasteiger partial charge in [0.15, 0.2) is 0 Å². The molecule has 0 fully saturated rings. The Morgan fingerprint density at radius 3 is 2.36 bits per heavy atom. The molecule has 0 aromatic carbocycles. The molecule has 0 saturated carbocycles. The van der Waals surface area contributed by atoms with Crippen molar-refractivity contribution in [3.05, 3.63) is 0 Å². The van der Waals surface area contributed by atoms with Gasteiger partial charge in [0.05, 0.1) is 0 Å². The van der Waals surface area contributed by atoms with E-state index in [1.165, 1.54) is 18.2 Å². The second-order valence-corrected chi connectivity index (χ2v) is 9.93. The average molecular weight is 208 g/mol. The van der Waals surface area contributed by atoms with Crippen molar-refractivity contribution in [2.24, 2.45) is 0 Å². The molecule has 0 nitrogen and oxygen atoms in total. The lowest BCUT2D eigenvalue weighted by Crippen LogP contribution is -1.98. The summed E-state index contributed by atoms with van der Waals surface area (Å²) >= 11 is 0. The maximum atomic E-state index is 2.43. The van der Waals surface area contributed by atoms with E-state index in [0.717, 1.165) is 5.25 Å². The molecule has 0 aliphatic carbocycles. The number of hydrogen-bond donors (Lipinski definition) is 0. The molecule has 11 heavy (non-hydrogen) atoms. The molecule has 68 valence electrons. The van der Waals surface area contributed by atoms with Crippen LogP contribution in [0, 0.1) is 0 Å². The average Bonchev–Trinajstić information content (AvgIpc) is 1.85. The monoisotopic (exact) mass is 208 g/mol.